The molecule has 0 saturated heterocycles. The van der Waals surface area contributed by atoms with Crippen molar-refractivity contribution >= 4 is 21.9 Å². The summed E-state index contributed by atoms with van der Waals surface area (Å²) in [5.41, 5.74) is 0. The summed E-state index contributed by atoms with van der Waals surface area (Å²) in [4.78, 5) is 10.3. The SMILES string of the molecule is CC(C)CC(Br)CC(=O)O. The number of halogens is 1. The second-order valence-electron chi connectivity index (χ2n) is 2.82. The normalized spacial score (nSPS) is 13.6. The maximum atomic E-state index is 10.2. The van der Waals surface area contributed by atoms with Crippen LogP contribution in [0, 0.1) is 5.92 Å². The molecule has 0 amide bonds. The predicted octanol–water partition coefficient (Wildman–Crippen LogP) is 2.27. The first-order chi connectivity index (χ1) is 4.52. The van der Waals surface area contributed by atoms with Gasteiger partial charge in [-0.15, -0.1) is 0 Å². The molecule has 0 aliphatic heterocycles. The van der Waals surface area contributed by atoms with E-state index >= 15 is 0 Å². The number of carboxylic acid groups (broad SMARTS) is 1. The Bertz CT molecular complexity index is 112. The first-order valence-corrected chi connectivity index (χ1v) is 4.29. The molecule has 0 fully saturated rings. The molecular weight excluding hydrogens is 196 g/mol. The third-order valence-corrected chi connectivity index (χ3v) is 1.82. The largest absolute Gasteiger partial charge is 0.481 e. The van der Waals surface area contributed by atoms with Crippen LogP contribution in [0.25, 0.3) is 0 Å². The van der Waals surface area contributed by atoms with E-state index in [1.165, 1.54) is 0 Å². The zero-order chi connectivity index (χ0) is 8.15. The maximum Gasteiger partial charge on any atom is 0.304 e. The number of rotatable bonds is 4. The second-order valence-corrected chi connectivity index (χ2v) is 4.12. The van der Waals surface area contributed by atoms with Gasteiger partial charge in [0.05, 0.1) is 6.42 Å². The lowest BCUT2D eigenvalue weighted by Gasteiger charge is -2.08. The van der Waals surface area contributed by atoms with Gasteiger partial charge in [0.15, 0.2) is 0 Å². The van der Waals surface area contributed by atoms with E-state index < -0.39 is 5.97 Å². The fourth-order valence-electron chi connectivity index (χ4n) is 0.784. The number of hydrogen-bond acceptors (Lipinski definition) is 1. The monoisotopic (exact) mass is 208 g/mol. The molecule has 0 bridgehead atoms. The number of carboxylic acids is 1. The van der Waals surface area contributed by atoms with E-state index in [2.05, 4.69) is 29.8 Å². The van der Waals surface area contributed by atoms with Crippen molar-refractivity contribution in [1.82, 2.24) is 0 Å². The van der Waals surface area contributed by atoms with Gasteiger partial charge in [-0.2, -0.15) is 0 Å². The van der Waals surface area contributed by atoms with E-state index in [9.17, 15) is 4.79 Å². The lowest BCUT2D eigenvalue weighted by Crippen LogP contribution is -2.08. The van der Waals surface area contributed by atoms with Crippen LogP contribution in [-0.4, -0.2) is 15.9 Å². The van der Waals surface area contributed by atoms with Crippen molar-refractivity contribution < 1.29 is 9.90 Å². The van der Waals surface area contributed by atoms with Crippen LogP contribution in [0.2, 0.25) is 0 Å². The van der Waals surface area contributed by atoms with Crippen LogP contribution in [0.5, 0.6) is 0 Å². The molecule has 0 rings (SSSR count). The molecule has 2 nitrogen and oxygen atoms in total. The summed E-state index contributed by atoms with van der Waals surface area (Å²) in [7, 11) is 0. The molecular formula is C7H13BrO2. The lowest BCUT2D eigenvalue weighted by atomic mass is 10.1. The van der Waals surface area contributed by atoms with Crippen LogP contribution in [0.15, 0.2) is 0 Å². The summed E-state index contributed by atoms with van der Waals surface area (Å²) in [6.07, 6.45) is 1.14. The van der Waals surface area contributed by atoms with Gasteiger partial charge in [-0.25, -0.2) is 0 Å². The highest BCUT2D eigenvalue weighted by atomic mass is 79.9. The van der Waals surface area contributed by atoms with Crippen molar-refractivity contribution in [3.8, 4) is 0 Å². The lowest BCUT2D eigenvalue weighted by molar-refractivity contribution is -0.136. The minimum atomic E-state index is -0.734. The highest BCUT2D eigenvalue weighted by molar-refractivity contribution is 9.09. The summed E-state index contributed by atoms with van der Waals surface area (Å²) >= 11 is 3.30. The van der Waals surface area contributed by atoms with Gasteiger partial charge < -0.3 is 5.11 Å². The van der Waals surface area contributed by atoms with Crippen molar-refractivity contribution in [1.29, 1.82) is 0 Å². The van der Waals surface area contributed by atoms with Gasteiger partial charge in [0, 0.05) is 4.83 Å². The van der Waals surface area contributed by atoms with Gasteiger partial charge in [0.2, 0.25) is 0 Å². The molecule has 1 N–H and O–H groups in total. The standard InChI is InChI=1S/C7H13BrO2/c1-5(2)3-6(8)4-7(9)10/h5-6H,3-4H2,1-2H3,(H,9,10). The Morgan fingerprint density at radius 3 is 2.40 bits per heavy atom. The molecule has 0 aromatic carbocycles. The second kappa shape index (κ2) is 4.72. The minimum Gasteiger partial charge on any atom is -0.481 e. The maximum absolute atomic E-state index is 10.2. The van der Waals surface area contributed by atoms with E-state index in [1.54, 1.807) is 0 Å². The number of aliphatic carboxylic acids is 1. The molecule has 0 aromatic rings. The van der Waals surface area contributed by atoms with Crippen molar-refractivity contribution in [2.24, 2.45) is 5.92 Å². The summed E-state index contributed by atoms with van der Waals surface area (Å²) < 4.78 is 0. The fourth-order valence-corrected chi connectivity index (χ4v) is 1.81. The van der Waals surface area contributed by atoms with Crippen molar-refractivity contribution in [3.05, 3.63) is 0 Å². The van der Waals surface area contributed by atoms with Gasteiger partial charge in [-0.1, -0.05) is 29.8 Å². The Kier molecular flexibility index (Phi) is 4.69. The van der Waals surface area contributed by atoms with Gasteiger partial charge in [-0.3, -0.25) is 4.79 Å². The van der Waals surface area contributed by atoms with E-state index in [0.29, 0.717) is 5.92 Å². The van der Waals surface area contributed by atoms with E-state index in [-0.39, 0.29) is 11.2 Å². The zero-order valence-electron chi connectivity index (χ0n) is 6.30. The fraction of sp³-hybridized carbons (Fsp3) is 0.857. The summed E-state index contributed by atoms with van der Waals surface area (Å²) in [6.45, 7) is 4.16. The Balaban J connectivity index is 3.43. The van der Waals surface area contributed by atoms with Crippen LogP contribution in [0.4, 0.5) is 0 Å². The topological polar surface area (TPSA) is 37.3 Å². The molecule has 0 heterocycles. The number of carbonyl (C=O) groups is 1. The molecule has 0 aromatic heterocycles. The first kappa shape index (κ1) is 9.95. The Morgan fingerprint density at radius 2 is 2.10 bits per heavy atom. The van der Waals surface area contributed by atoms with Crippen LogP contribution < -0.4 is 0 Å². The van der Waals surface area contributed by atoms with Crippen LogP contribution in [0.1, 0.15) is 26.7 Å². The highest BCUT2D eigenvalue weighted by Crippen LogP contribution is 2.15. The van der Waals surface area contributed by atoms with Crippen LogP contribution >= 0.6 is 15.9 Å². The minimum absolute atomic E-state index is 0.130. The Morgan fingerprint density at radius 1 is 1.60 bits per heavy atom. The Hall–Kier alpha value is -0.0500. The molecule has 60 valence electrons. The molecule has 0 spiro atoms. The average molecular weight is 209 g/mol. The van der Waals surface area contributed by atoms with Gasteiger partial charge in [0.1, 0.15) is 0 Å². The van der Waals surface area contributed by atoms with Gasteiger partial charge >= 0.3 is 5.97 Å². The average Bonchev–Trinajstić information content (AvgIpc) is 1.58. The third kappa shape index (κ3) is 6.08. The molecule has 1 unspecified atom stereocenters. The molecule has 0 saturated carbocycles. The van der Waals surface area contributed by atoms with E-state index in [0.717, 1.165) is 6.42 Å². The van der Waals surface area contributed by atoms with Gasteiger partial charge in [-0.05, 0) is 12.3 Å². The smallest absolute Gasteiger partial charge is 0.304 e. The predicted molar refractivity (Wildman–Crippen MR) is 44.4 cm³/mol. The zero-order valence-corrected chi connectivity index (χ0v) is 7.89. The van der Waals surface area contributed by atoms with E-state index in [4.69, 9.17) is 5.11 Å². The third-order valence-electron chi connectivity index (χ3n) is 1.12. The summed E-state index contributed by atoms with van der Waals surface area (Å²) in [6, 6.07) is 0. The molecule has 0 radical (unpaired) electrons. The van der Waals surface area contributed by atoms with E-state index in [1.807, 2.05) is 0 Å². The molecule has 10 heavy (non-hydrogen) atoms. The summed E-state index contributed by atoms with van der Waals surface area (Å²) in [5, 5.41) is 8.37. The number of alkyl halides is 1. The number of hydrogen-bond donors (Lipinski definition) is 1. The Labute approximate surface area is 69.8 Å². The highest BCUT2D eigenvalue weighted by Gasteiger charge is 2.10. The molecule has 0 aliphatic carbocycles. The molecule has 0 aliphatic rings. The summed E-state index contributed by atoms with van der Waals surface area (Å²) in [5.74, 6) is -0.175. The van der Waals surface area contributed by atoms with Crippen molar-refractivity contribution in [2.75, 3.05) is 0 Å². The van der Waals surface area contributed by atoms with Crippen molar-refractivity contribution in [2.45, 2.75) is 31.5 Å². The molecule has 3 heteroatoms. The molecule has 1 atom stereocenters. The quantitative estimate of drug-likeness (QED) is 0.721. The first-order valence-electron chi connectivity index (χ1n) is 3.38. The van der Waals surface area contributed by atoms with Crippen molar-refractivity contribution in [3.63, 3.8) is 0 Å². The van der Waals surface area contributed by atoms with Crippen LogP contribution in [0.3, 0.4) is 0 Å². The van der Waals surface area contributed by atoms with Gasteiger partial charge in [0.25, 0.3) is 0 Å². The van der Waals surface area contributed by atoms with Crippen LogP contribution in [-0.2, 0) is 4.79 Å².